The summed E-state index contributed by atoms with van der Waals surface area (Å²) in [6, 6.07) is 14.3. The van der Waals surface area contributed by atoms with E-state index in [1.165, 1.54) is 0 Å². The third kappa shape index (κ3) is 5.80. The van der Waals surface area contributed by atoms with Crippen molar-refractivity contribution < 1.29 is 14.3 Å². The fourth-order valence-electron chi connectivity index (χ4n) is 2.01. The minimum Gasteiger partial charge on any atom is -0.492 e. The molecule has 0 aliphatic rings. The summed E-state index contributed by atoms with van der Waals surface area (Å²) in [7, 11) is 0. The standard InChI is InChI=1S/C19H22O3S2/c1-13(23)11-21-17-7-3-15(4-8-17)19(20)16-5-9-18(10-6-16)22-12-14(2)24/h3-10,13-14,23-24H,11-12H2,1-2H3. The molecule has 0 saturated carbocycles. The van der Waals surface area contributed by atoms with Crippen LogP contribution in [0.2, 0.25) is 0 Å². The lowest BCUT2D eigenvalue weighted by atomic mass is 10.0. The summed E-state index contributed by atoms with van der Waals surface area (Å²) >= 11 is 8.54. The van der Waals surface area contributed by atoms with Crippen LogP contribution in [-0.4, -0.2) is 29.5 Å². The van der Waals surface area contributed by atoms with Gasteiger partial charge in [0.25, 0.3) is 0 Å². The molecule has 0 heterocycles. The third-order valence-corrected chi connectivity index (χ3v) is 3.51. The van der Waals surface area contributed by atoms with Gasteiger partial charge in [-0.05, 0) is 48.5 Å². The predicted octanol–water partition coefficient (Wildman–Crippen LogP) is 4.31. The summed E-state index contributed by atoms with van der Waals surface area (Å²) in [4.78, 5) is 12.5. The Bertz CT molecular complexity index is 592. The van der Waals surface area contributed by atoms with Crippen LogP contribution in [0.3, 0.4) is 0 Å². The second-order valence-corrected chi connectivity index (χ2v) is 7.46. The van der Waals surface area contributed by atoms with Gasteiger partial charge in [-0.15, -0.1) is 0 Å². The SMILES string of the molecule is CC(S)COc1ccc(C(=O)c2ccc(OCC(C)S)cc2)cc1. The number of thiol groups is 2. The van der Waals surface area contributed by atoms with Crippen LogP contribution in [-0.2, 0) is 0 Å². The van der Waals surface area contributed by atoms with E-state index in [1.807, 2.05) is 13.8 Å². The number of ether oxygens (including phenoxy) is 2. The Morgan fingerprint density at radius 2 is 1.12 bits per heavy atom. The molecule has 0 radical (unpaired) electrons. The minimum atomic E-state index is -0.0294. The topological polar surface area (TPSA) is 35.5 Å². The van der Waals surface area contributed by atoms with Crippen LogP contribution >= 0.6 is 25.3 Å². The van der Waals surface area contributed by atoms with Gasteiger partial charge in [0, 0.05) is 21.6 Å². The fourth-order valence-corrected chi connectivity index (χ4v) is 2.15. The average Bonchev–Trinajstić information content (AvgIpc) is 2.58. The number of hydrogen-bond acceptors (Lipinski definition) is 5. The van der Waals surface area contributed by atoms with Gasteiger partial charge >= 0.3 is 0 Å². The van der Waals surface area contributed by atoms with Gasteiger partial charge < -0.3 is 9.47 Å². The molecule has 0 bridgehead atoms. The van der Waals surface area contributed by atoms with Gasteiger partial charge in [0.05, 0.1) is 13.2 Å². The van der Waals surface area contributed by atoms with Crippen molar-refractivity contribution >= 4 is 31.0 Å². The zero-order chi connectivity index (χ0) is 17.5. The molecule has 128 valence electrons. The first-order valence-electron chi connectivity index (χ1n) is 7.82. The monoisotopic (exact) mass is 362 g/mol. The number of rotatable bonds is 8. The van der Waals surface area contributed by atoms with E-state index < -0.39 is 0 Å². The molecule has 3 nitrogen and oxygen atoms in total. The molecule has 0 N–H and O–H groups in total. The summed E-state index contributed by atoms with van der Waals surface area (Å²) in [6.45, 7) is 4.99. The van der Waals surface area contributed by atoms with Crippen molar-refractivity contribution in [3.05, 3.63) is 59.7 Å². The van der Waals surface area contributed by atoms with Crippen molar-refractivity contribution in [3.63, 3.8) is 0 Å². The van der Waals surface area contributed by atoms with E-state index in [9.17, 15) is 4.79 Å². The number of carbonyl (C=O) groups is 1. The first-order valence-corrected chi connectivity index (χ1v) is 8.85. The molecule has 2 rings (SSSR count). The maximum atomic E-state index is 12.5. The van der Waals surface area contributed by atoms with Gasteiger partial charge in [-0.1, -0.05) is 13.8 Å². The number of benzene rings is 2. The average molecular weight is 363 g/mol. The normalized spacial score (nSPS) is 13.2. The lowest BCUT2D eigenvalue weighted by Gasteiger charge is -2.10. The second-order valence-electron chi connectivity index (χ2n) is 5.70. The molecule has 0 fully saturated rings. The Kier molecular flexibility index (Phi) is 7.06. The largest absolute Gasteiger partial charge is 0.492 e. The molecule has 5 heteroatoms. The lowest BCUT2D eigenvalue weighted by molar-refractivity contribution is 0.103. The van der Waals surface area contributed by atoms with Crippen molar-refractivity contribution in [1.29, 1.82) is 0 Å². The summed E-state index contributed by atoms with van der Waals surface area (Å²) in [6.07, 6.45) is 0. The van der Waals surface area contributed by atoms with E-state index in [2.05, 4.69) is 25.3 Å². The molecule has 0 saturated heterocycles. The molecule has 0 spiro atoms. The van der Waals surface area contributed by atoms with Crippen LogP contribution in [0.1, 0.15) is 29.8 Å². The molecular formula is C19H22O3S2. The molecule has 2 unspecified atom stereocenters. The molecule has 24 heavy (non-hydrogen) atoms. The molecule has 0 aliphatic carbocycles. The van der Waals surface area contributed by atoms with E-state index in [0.717, 1.165) is 11.5 Å². The Hall–Kier alpha value is -1.59. The Labute approximate surface area is 154 Å². The van der Waals surface area contributed by atoms with Crippen LogP contribution in [0.25, 0.3) is 0 Å². The fraction of sp³-hybridized carbons (Fsp3) is 0.316. The summed E-state index contributed by atoms with van der Waals surface area (Å²) < 4.78 is 11.1. The van der Waals surface area contributed by atoms with Gasteiger partial charge in [0.2, 0.25) is 0 Å². The number of carbonyl (C=O) groups excluding carboxylic acids is 1. The summed E-state index contributed by atoms with van der Waals surface area (Å²) in [5.41, 5.74) is 1.25. The molecule has 0 aromatic heterocycles. The highest BCUT2D eigenvalue weighted by Gasteiger charge is 2.10. The van der Waals surface area contributed by atoms with E-state index in [4.69, 9.17) is 9.47 Å². The van der Waals surface area contributed by atoms with Crippen LogP contribution in [0, 0.1) is 0 Å². The van der Waals surface area contributed by atoms with Gasteiger partial charge in [0.1, 0.15) is 11.5 Å². The van der Waals surface area contributed by atoms with Crippen LogP contribution in [0.4, 0.5) is 0 Å². The first-order chi connectivity index (χ1) is 11.5. The number of hydrogen-bond donors (Lipinski definition) is 2. The van der Waals surface area contributed by atoms with Crippen molar-refractivity contribution in [2.24, 2.45) is 0 Å². The second kappa shape index (κ2) is 9.04. The summed E-state index contributed by atoms with van der Waals surface area (Å²) in [5.74, 6) is 1.44. The van der Waals surface area contributed by atoms with Crippen LogP contribution < -0.4 is 9.47 Å². The zero-order valence-electron chi connectivity index (χ0n) is 13.8. The molecule has 2 atom stereocenters. The van der Waals surface area contributed by atoms with Crippen LogP contribution in [0.15, 0.2) is 48.5 Å². The van der Waals surface area contributed by atoms with Crippen molar-refractivity contribution in [2.45, 2.75) is 24.3 Å². The highest BCUT2D eigenvalue weighted by Crippen LogP contribution is 2.18. The smallest absolute Gasteiger partial charge is 0.193 e. The maximum Gasteiger partial charge on any atom is 0.193 e. The van der Waals surface area contributed by atoms with Crippen molar-refractivity contribution in [1.82, 2.24) is 0 Å². The quantitative estimate of drug-likeness (QED) is 0.542. The maximum absolute atomic E-state index is 12.5. The van der Waals surface area contributed by atoms with E-state index in [0.29, 0.717) is 24.3 Å². The van der Waals surface area contributed by atoms with Crippen molar-refractivity contribution in [2.75, 3.05) is 13.2 Å². The van der Waals surface area contributed by atoms with E-state index in [-0.39, 0.29) is 16.3 Å². The first kappa shape index (κ1) is 18.7. The van der Waals surface area contributed by atoms with Gasteiger partial charge in [-0.3, -0.25) is 4.79 Å². The highest BCUT2D eigenvalue weighted by atomic mass is 32.1. The Balaban J connectivity index is 2.00. The molecular weight excluding hydrogens is 340 g/mol. The van der Waals surface area contributed by atoms with E-state index >= 15 is 0 Å². The summed E-state index contributed by atoms with van der Waals surface area (Å²) in [5, 5.41) is 0.329. The predicted molar refractivity (Wildman–Crippen MR) is 104 cm³/mol. The zero-order valence-corrected chi connectivity index (χ0v) is 15.6. The lowest BCUT2D eigenvalue weighted by Crippen LogP contribution is -2.08. The highest BCUT2D eigenvalue weighted by molar-refractivity contribution is 7.81. The third-order valence-electron chi connectivity index (χ3n) is 3.22. The Morgan fingerprint density at radius 1 is 0.792 bits per heavy atom. The van der Waals surface area contributed by atoms with Crippen LogP contribution in [0.5, 0.6) is 11.5 Å². The van der Waals surface area contributed by atoms with Gasteiger partial charge in [-0.2, -0.15) is 25.3 Å². The Morgan fingerprint density at radius 3 is 1.42 bits per heavy atom. The molecule has 2 aromatic carbocycles. The van der Waals surface area contributed by atoms with Gasteiger partial charge in [0.15, 0.2) is 5.78 Å². The molecule has 0 aliphatic heterocycles. The van der Waals surface area contributed by atoms with Gasteiger partial charge in [-0.25, -0.2) is 0 Å². The minimum absolute atomic E-state index is 0.0294. The molecule has 2 aromatic rings. The number of ketones is 1. The van der Waals surface area contributed by atoms with E-state index in [1.54, 1.807) is 48.5 Å². The van der Waals surface area contributed by atoms with Crippen molar-refractivity contribution in [3.8, 4) is 11.5 Å². The molecule has 0 amide bonds.